The molecule has 168 valence electrons. The van der Waals surface area contributed by atoms with Crippen LogP contribution in [0.25, 0.3) is 21.6 Å². The Bertz CT molecular complexity index is 1390. The predicted octanol–water partition coefficient (Wildman–Crippen LogP) is 5.62. The Morgan fingerprint density at radius 3 is 2.67 bits per heavy atom. The molecule has 0 unspecified atom stereocenters. The van der Waals surface area contributed by atoms with Crippen molar-refractivity contribution in [2.75, 3.05) is 0 Å². The van der Waals surface area contributed by atoms with Crippen molar-refractivity contribution in [3.05, 3.63) is 86.5 Å². The summed E-state index contributed by atoms with van der Waals surface area (Å²) in [6.45, 7) is 3.99. The summed E-state index contributed by atoms with van der Waals surface area (Å²) in [5.41, 5.74) is 3.42. The van der Waals surface area contributed by atoms with Crippen LogP contribution in [-0.2, 0) is 24.1 Å². The number of benzene rings is 2. The monoisotopic (exact) mass is 458 g/mol. The maximum absolute atomic E-state index is 13.9. The number of esters is 1. The molecule has 1 aliphatic rings. The number of aromatic nitrogens is 2. The molecule has 0 saturated heterocycles. The largest absolute Gasteiger partial charge is 0.459 e. The van der Waals surface area contributed by atoms with E-state index < -0.39 is 0 Å². The highest BCUT2D eigenvalue weighted by Gasteiger charge is 2.23. The van der Waals surface area contributed by atoms with E-state index in [1.54, 1.807) is 28.0 Å². The van der Waals surface area contributed by atoms with Crippen molar-refractivity contribution in [2.45, 2.75) is 52.2 Å². The van der Waals surface area contributed by atoms with E-state index >= 15 is 0 Å². The molecule has 2 aromatic carbocycles. The number of fused-ring (bicyclic) bond motifs is 3. The molecule has 2 aromatic heterocycles. The second-order valence-corrected chi connectivity index (χ2v) is 9.82. The second-order valence-electron chi connectivity index (χ2n) is 8.74. The molecule has 6 heteroatoms. The molecule has 5 nitrogen and oxygen atoms in total. The standard InChI is InChI=1S/C27H26N2O3S/c1-17(2)32-27(31)20-12-8-9-18(15-20)16-29-24(19-10-4-3-5-11-19)28-25-23(26(29)30)21-13-6-7-14-22(21)33-25/h3-5,8-12,15,17H,6-7,13-14,16H2,1-2H3. The summed E-state index contributed by atoms with van der Waals surface area (Å²) in [5, 5.41) is 0.768. The van der Waals surface area contributed by atoms with E-state index in [0.29, 0.717) is 17.9 Å². The summed E-state index contributed by atoms with van der Waals surface area (Å²) in [5.74, 6) is 0.296. The SMILES string of the molecule is CC(C)OC(=O)c1cccc(Cn2c(-c3ccccc3)nc3sc4c(c3c2=O)CCCC4)c1. The zero-order valence-corrected chi connectivity index (χ0v) is 19.7. The highest BCUT2D eigenvalue weighted by Crippen LogP contribution is 2.35. The summed E-state index contributed by atoms with van der Waals surface area (Å²) in [4.78, 5) is 33.4. The zero-order valence-electron chi connectivity index (χ0n) is 18.8. The van der Waals surface area contributed by atoms with Crippen LogP contribution >= 0.6 is 11.3 Å². The van der Waals surface area contributed by atoms with Gasteiger partial charge in [-0.2, -0.15) is 0 Å². The number of aryl methyl sites for hydroxylation is 2. The van der Waals surface area contributed by atoms with Crippen molar-refractivity contribution >= 4 is 27.5 Å². The molecule has 5 rings (SSSR count). The van der Waals surface area contributed by atoms with Gasteiger partial charge in [-0.1, -0.05) is 42.5 Å². The van der Waals surface area contributed by atoms with Gasteiger partial charge in [0.15, 0.2) is 0 Å². The maximum Gasteiger partial charge on any atom is 0.338 e. The van der Waals surface area contributed by atoms with Gasteiger partial charge in [-0.15, -0.1) is 11.3 Å². The lowest BCUT2D eigenvalue weighted by molar-refractivity contribution is 0.0378. The van der Waals surface area contributed by atoms with Gasteiger partial charge in [-0.3, -0.25) is 9.36 Å². The van der Waals surface area contributed by atoms with Gasteiger partial charge in [0.2, 0.25) is 0 Å². The van der Waals surface area contributed by atoms with Crippen LogP contribution in [-0.4, -0.2) is 21.6 Å². The quantitative estimate of drug-likeness (QED) is 0.364. The third kappa shape index (κ3) is 4.23. The normalized spacial score (nSPS) is 13.3. The molecule has 0 spiro atoms. The Kier molecular flexibility index (Phi) is 5.85. The molecule has 1 aliphatic carbocycles. The number of thiophene rings is 1. The summed E-state index contributed by atoms with van der Waals surface area (Å²) < 4.78 is 7.11. The van der Waals surface area contributed by atoms with E-state index in [0.717, 1.165) is 40.6 Å². The van der Waals surface area contributed by atoms with E-state index in [-0.39, 0.29) is 17.6 Å². The fourth-order valence-corrected chi connectivity index (χ4v) is 5.71. The average molecular weight is 459 g/mol. The molecule has 0 amide bonds. The minimum atomic E-state index is -0.358. The first-order valence-electron chi connectivity index (χ1n) is 11.4. The van der Waals surface area contributed by atoms with E-state index in [9.17, 15) is 9.59 Å². The van der Waals surface area contributed by atoms with Crippen LogP contribution in [0.3, 0.4) is 0 Å². The summed E-state index contributed by atoms with van der Waals surface area (Å²) in [6, 6.07) is 17.1. The second kappa shape index (κ2) is 8.94. The van der Waals surface area contributed by atoms with Gasteiger partial charge >= 0.3 is 5.97 Å². The zero-order chi connectivity index (χ0) is 22.9. The van der Waals surface area contributed by atoms with Crippen molar-refractivity contribution in [1.29, 1.82) is 0 Å². The molecule has 0 radical (unpaired) electrons. The number of hydrogen-bond acceptors (Lipinski definition) is 5. The first-order valence-corrected chi connectivity index (χ1v) is 12.2. The van der Waals surface area contributed by atoms with E-state index in [4.69, 9.17) is 9.72 Å². The fourth-order valence-electron chi connectivity index (χ4n) is 4.45. The van der Waals surface area contributed by atoms with Crippen LogP contribution in [0.2, 0.25) is 0 Å². The van der Waals surface area contributed by atoms with Crippen LogP contribution in [0.1, 0.15) is 53.1 Å². The maximum atomic E-state index is 13.9. The number of rotatable bonds is 5. The molecule has 0 N–H and O–H groups in total. The minimum absolute atomic E-state index is 0.00610. The van der Waals surface area contributed by atoms with Gasteiger partial charge in [-0.25, -0.2) is 9.78 Å². The Balaban J connectivity index is 1.65. The van der Waals surface area contributed by atoms with Crippen LogP contribution < -0.4 is 5.56 Å². The molecule has 0 aliphatic heterocycles. The predicted molar refractivity (Wildman–Crippen MR) is 132 cm³/mol. The highest BCUT2D eigenvalue weighted by molar-refractivity contribution is 7.18. The Labute approximate surface area is 196 Å². The molecule has 33 heavy (non-hydrogen) atoms. The van der Waals surface area contributed by atoms with Gasteiger partial charge in [0.25, 0.3) is 5.56 Å². The lowest BCUT2D eigenvalue weighted by atomic mass is 9.97. The molecule has 2 heterocycles. The van der Waals surface area contributed by atoms with E-state index in [2.05, 4.69) is 0 Å². The Morgan fingerprint density at radius 2 is 1.88 bits per heavy atom. The van der Waals surface area contributed by atoms with Crippen LogP contribution in [0.4, 0.5) is 0 Å². The fraction of sp³-hybridized carbons (Fsp3) is 0.296. The number of hydrogen-bond donors (Lipinski definition) is 0. The molecular formula is C27H26N2O3S. The molecule has 4 aromatic rings. The number of nitrogens with zero attached hydrogens (tertiary/aromatic N) is 2. The summed E-state index contributed by atoms with van der Waals surface area (Å²) >= 11 is 1.66. The summed E-state index contributed by atoms with van der Waals surface area (Å²) in [7, 11) is 0. The first kappa shape index (κ1) is 21.6. The van der Waals surface area contributed by atoms with E-state index in [1.807, 2.05) is 56.3 Å². The smallest absolute Gasteiger partial charge is 0.338 e. The first-order chi connectivity index (χ1) is 16.0. The van der Waals surface area contributed by atoms with Crippen molar-refractivity contribution in [2.24, 2.45) is 0 Å². The molecular weight excluding hydrogens is 432 g/mol. The lowest BCUT2D eigenvalue weighted by Crippen LogP contribution is -2.24. The van der Waals surface area contributed by atoms with E-state index in [1.165, 1.54) is 16.9 Å². The third-order valence-corrected chi connectivity index (χ3v) is 7.14. The van der Waals surface area contributed by atoms with Gasteiger partial charge in [0.05, 0.1) is 23.6 Å². The summed E-state index contributed by atoms with van der Waals surface area (Å²) in [6.07, 6.45) is 4.05. The number of carbonyl (C=O) groups excluding carboxylic acids is 1. The molecule has 0 bridgehead atoms. The van der Waals surface area contributed by atoms with Crippen molar-refractivity contribution in [1.82, 2.24) is 9.55 Å². The lowest BCUT2D eigenvalue weighted by Gasteiger charge is -2.15. The Morgan fingerprint density at radius 1 is 1.09 bits per heavy atom. The van der Waals surface area contributed by atoms with Crippen molar-refractivity contribution < 1.29 is 9.53 Å². The number of ether oxygens (including phenoxy) is 1. The topological polar surface area (TPSA) is 61.2 Å². The van der Waals surface area contributed by atoms with Crippen LogP contribution in [0, 0.1) is 0 Å². The Hall–Kier alpha value is -3.25. The number of carbonyl (C=O) groups is 1. The molecule has 0 saturated carbocycles. The molecule has 0 atom stereocenters. The highest BCUT2D eigenvalue weighted by atomic mass is 32.1. The van der Waals surface area contributed by atoms with Gasteiger partial charge in [0, 0.05) is 10.4 Å². The van der Waals surface area contributed by atoms with Crippen LogP contribution in [0.15, 0.2) is 59.4 Å². The van der Waals surface area contributed by atoms with Crippen LogP contribution in [0.5, 0.6) is 0 Å². The van der Waals surface area contributed by atoms with Crippen molar-refractivity contribution in [3.63, 3.8) is 0 Å². The minimum Gasteiger partial charge on any atom is -0.459 e. The van der Waals surface area contributed by atoms with Gasteiger partial charge in [-0.05, 0) is 62.8 Å². The molecule has 0 fully saturated rings. The average Bonchev–Trinajstić information content (AvgIpc) is 3.20. The van der Waals surface area contributed by atoms with Gasteiger partial charge in [0.1, 0.15) is 10.7 Å². The van der Waals surface area contributed by atoms with Gasteiger partial charge < -0.3 is 4.74 Å². The third-order valence-electron chi connectivity index (χ3n) is 5.95. The van der Waals surface area contributed by atoms with Crippen molar-refractivity contribution in [3.8, 4) is 11.4 Å².